The standard InChI is InChI=1S/C13H24N4O/c1-16(2)7-8-17-13(12(18-3)9-15-17)10-5-4-6-11(10)14/h9-11H,4-8,14H2,1-3H3. The normalized spacial score (nSPS) is 23.8. The molecule has 5 nitrogen and oxygen atoms in total. The van der Waals surface area contributed by atoms with Crippen molar-refractivity contribution in [1.29, 1.82) is 0 Å². The van der Waals surface area contributed by atoms with Crippen molar-refractivity contribution in [3.63, 3.8) is 0 Å². The van der Waals surface area contributed by atoms with Crippen LogP contribution < -0.4 is 10.5 Å². The van der Waals surface area contributed by atoms with Gasteiger partial charge in [-0.2, -0.15) is 5.10 Å². The van der Waals surface area contributed by atoms with E-state index in [9.17, 15) is 0 Å². The van der Waals surface area contributed by atoms with E-state index in [2.05, 4.69) is 28.8 Å². The lowest BCUT2D eigenvalue weighted by Gasteiger charge is -2.19. The minimum Gasteiger partial charge on any atom is -0.493 e. The molecule has 0 saturated heterocycles. The monoisotopic (exact) mass is 252 g/mol. The van der Waals surface area contributed by atoms with Gasteiger partial charge in [-0.25, -0.2) is 0 Å². The van der Waals surface area contributed by atoms with Gasteiger partial charge in [0.1, 0.15) is 0 Å². The summed E-state index contributed by atoms with van der Waals surface area (Å²) >= 11 is 0. The molecule has 2 unspecified atom stereocenters. The van der Waals surface area contributed by atoms with Gasteiger partial charge in [0, 0.05) is 18.5 Å². The number of rotatable bonds is 5. The van der Waals surface area contributed by atoms with Gasteiger partial charge in [-0.15, -0.1) is 0 Å². The lowest BCUT2D eigenvalue weighted by molar-refractivity contribution is 0.358. The average Bonchev–Trinajstić information content (AvgIpc) is 2.91. The van der Waals surface area contributed by atoms with E-state index in [1.165, 1.54) is 12.1 Å². The fourth-order valence-corrected chi connectivity index (χ4v) is 2.71. The third kappa shape index (κ3) is 2.67. The van der Waals surface area contributed by atoms with E-state index in [0.29, 0.717) is 5.92 Å². The van der Waals surface area contributed by atoms with Crippen LogP contribution in [0.3, 0.4) is 0 Å². The van der Waals surface area contributed by atoms with E-state index in [-0.39, 0.29) is 6.04 Å². The van der Waals surface area contributed by atoms with Crippen LogP contribution >= 0.6 is 0 Å². The second-order valence-electron chi connectivity index (χ2n) is 5.33. The first kappa shape index (κ1) is 13.4. The van der Waals surface area contributed by atoms with E-state index < -0.39 is 0 Å². The van der Waals surface area contributed by atoms with Crippen molar-refractivity contribution in [3.8, 4) is 5.75 Å². The van der Waals surface area contributed by atoms with Gasteiger partial charge in [0.25, 0.3) is 0 Å². The zero-order valence-corrected chi connectivity index (χ0v) is 11.6. The van der Waals surface area contributed by atoms with E-state index in [1.807, 2.05) is 6.20 Å². The van der Waals surface area contributed by atoms with Crippen LogP contribution in [-0.2, 0) is 6.54 Å². The Balaban J connectivity index is 2.21. The molecule has 1 heterocycles. The van der Waals surface area contributed by atoms with E-state index in [1.54, 1.807) is 7.11 Å². The highest BCUT2D eigenvalue weighted by Gasteiger charge is 2.31. The smallest absolute Gasteiger partial charge is 0.160 e. The predicted octanol–water partition coefficient (Wildman–Crippen LogP) is 1.05. The van der Waals surface area contributed by atoms with Gasteiger partial charge in [0.15, 0.2) is 5.75 Å². The molecule has 0 aliphatic heterocycles. The number of nitrogens with zero attached hydrogens (tertiary/aromatic N) is 3. The van der Waals surface area contributed by atoms with Gasteiger partial charge in [-0.05, 0) is 26.9 Å². The van der Waals surface area contributed by atoms with Gasteiger partial charge in [0.05, 0.1) is 25.5 Å². The second-order valence-corrected chi connectivity index (χ2v) is 5.33. The third-order valence-corrected chi connectivity index (χ3v) is 3.74. The minimum atomic E-state index is 0.244. The van der Waals surface area contributed by atoms with Crippen molar-refractivity contribution in [2.75, 3.05) is 27.7 Å². The lowest BCUT2D eigenvalue weighted by Crippen LogP contribution is -2.27. The fourth-order valence-electron chi connectivity index (χ4n) is 2.71. The molecule has 1 aromatic rings. The summed E-state index contributed by atoms with van der Waals surface area (Å²) in [4.78, 5) is 2.16. The number of ether oxygens (including phenoxy) is 1. The maximum absolute atomic E-state index is 6.21. The molecule has 18 heavy (non-hydrogen) atoms. The number of likely N-dealkylation sites (N-methyl/N-ethyl adjacent to an activating group) is 1. The van der Waals surface area contributed by atoms with Crippen molar-refractivity contribution in [1.82, 2.24) is 14.7 Å². The van der Waals surface area contributed by atoms with Gasteiger partial charge in [-0.1, -0.05) is 6.42 Å². The van der Waals surface area contributed by atoms with Crippen LogP contribution in [0, 0.1) is 0 Å². The molecule has 1 fully saturated rings. The van der Waals surface area contributed by atoms with Crippen LogP contribution in [-0.4, -0.2) is 48.5 Å². The Morgan fingerprint density at radius 2 is 2.28 bits per heavy atom. The quantitative estimate of drug-likeness (QED) is 0.851. The molecule has 0 radical (unpaired) electrons. The number of hydrogen-bond donors (Lipinski definition) is 1. The van der Waals surface area contributed by atoms with Crippen LogP contribution in [0.2, 0.25) is 0 Å². The Bertz CT molecular complexity index is 388. The molecule has 0 aromatic carbocycles. The Hall–Kier alpha value is -1.07. The third-order valence-electron chi connectivity index (χ3n) is 3.74. The summed E-state index contributed by atoms with van der Waals surface area (Å²) in [6.07, 6.45) is 5.27. The van der Waals surface area contributed by atoms with E-state index in [0.717, 1.165) is 31.7 Å². The van der Waals surface area contributed by atoms with Gasteiger partial charge in [-0.3, -0.25) is 4.68 Å². The highest BCUT2D eigenvalue weighted by atomic mass is 16.5. The van der Waals surface area contributed by atoms with Crippen LogP contribution in [0.5, 0.6) is 5.75 Å². The molecular formula is C13H24N4O. The summed E-state index contributed by atoms with van der Waals surface area (Å²) in [6, 6.07) is 0.244. The molecule has 1 aromatic heterocycles. The first-order valence-electron chi connectivity index (χ1n) is 6.63. The van der Waals surface area contributed by atoms with Crippen molar-refractivity contribution in [3.05, 3.63) is 11.9 Å². The second kappa shape index (κ2) is 5.71. The SMILES string of the molecule is COc1cnn(CCN(C)C)c1C1CCCC1N. The van der Waals surface area contributed by atoms with Crippen molar-refractivity contribution in [2.45, 2.75) is 37.8 Å². The Morgan fingerprint density at radius 1 is 1.50 bits per heavy atom. The molecule has 1 aliphatic carbocycles. The van der Waals surface area contributed by atoms with Crippen molar-refractivity contribution < 1.29 is 4.74 Å². The number of hydrogen-bond acceptors (Lipinski definition) is 4. The molecule has 1 saturated carbocycles. The first-order valence-corrected chi connectivity index (χ1v) is 6.63. The molecule has 2 atom stereocenters. The van der Waals surface area contributed by atoms with Crippen LogP contribution in [0.15, 0.2) is 6.20 Å². The predicted molar refractivity (Wildman–Crippen MR) is 71.9 cm³/mol. The molecule has 5 heteroatoms. The number of nitrogens with two attached hydrogens (primary N) is 1. The zero-order valence-electron chi connectivity index (χ0n) is 11.6. The highest BCUT2D eigenvalue weighted by molar-refractivity contribution is 5.30. The van der Waals surface area contributed by atoms with E-state index >= 15 is 0 Å². The van der Waals surface area contributed by atoms with Crippen LogP contribution in [0.25, 0.3) is 0 Å². The van der Waals surface area contributed by atoms with E-state index in [4.69, 9.17) is 10.5 Å². The average molecular weight is 252 g/mol. The van der Waals surface area contributed by atoms with Crippen molar-refractivity contribution in [2.24, 2.45) is 5.73 Å². The first-order chi connectivity index (χ1) is 8.63. The van der Waals surface area contributed by atoms with Gasteiger partial charge in [0.2, 0.25) is 0 Å². The fraction of sp³-hybridized carbons (Fsp3) is 0.769. The molecular weight excluding hydrogens is 228 g/mol. The summed E-state index contributed by atoms with van der Waals surface area (Å²) in [6.45, 7) is 1.86. The minimum absolute atomic E-state index is 0.244. The Kier molecular flexibility index (Phi) is 4.24. The Morgan fingerprint density at radius 3 is 2.83 bits per heavy atom. The Labute approximate surface area is 109 Å². The largest absolute Gasteiger partial charge is 0.493 e. The summed E-state index contributed by atoms with van der Waals surface area (Å²) in [5.74, 6) is 1.28. The molecule has 0 bridgehead atoms. The number of aromatic nitrogens is 2. The molecule has 2 rings (SSSR count). The topological polar surface area (TPSA) is 56.3 Å². The zero-order chi connectivity index (χ0) is 13.1. The maximum atomic E-state index is 6.21. The van der Waals surface area contributed by atoms with Gasteiger partial charge < -0.3 is 15.4 Å². The van der Waals surface area contributed by atoms with Crippen LogP contribution in [0.1, 0.15) is 30.9 Å². The van der Waals surface area contributed by atoms with Crippen molar-refractivity contribution >= 4 is 0 Å². The molecule has 2 N–H and O–H groups in total. The molecule has 102 valence electrons. The summed E-state index contributed by atoms with van der Waals surface area (Å²) in [5, 5.41) is 4.45. The summed E-state index contributed by atoms with van der Waals surface area (Å²) in [7, 11) is 5.85. The molecule has 0 amide bonds. The summed E-state index contributed by atoms with van der Waals surface area (Å²) in [5.41, 5.74) is 7.40. The van der Waals surface area contributed by atoms with Gasteiger partial charge >= 0.3 is 0 Å². The maximum Gasteiger partial charge on any atom is 0.160 e. The van der Waals surface area contributed by atoms with Crippen LogP contribution in [0.4, 0.5) is 0 Å². The molecule has 0 spiro atoms. The highest BCUT2D eigenvalue weighted by Crippen LogP contribution is 2.37. The number of methoxy groups -OCH3 is 1. The summed E-state index contributed by atoms with van der Waals surface area (Å²) < 4.78 is 7.51. The lowest BCUT2D eigenvalue weighted by atomic mass is 9.99. The molecule has 1 aliphatic rings.